The van der Waals surface area contributed by atoms with Crippen LogP contribution in [0.5, 0.6) is 0 Å². The van der Waals surface area contributed by atoms with Gasteiger partial charge in [0.15, 0.2) is 0 Å². The van der Waals surface area contributed by atoms with Gasteiger partial charge in [-0.15, -0.1) is 0 Å². The number of hydrazine groups is 1. The van der Waals surface area contributed by atoms with Gasteiger partial charge >= 0.3 is 0 Å². The monoisotopic (exact) mass is 268 g/mol. The standard InChI is InChI=1S/C12H11F3N4/c13-6-4-8(14)10(9(15)5-6)11(19-17)7-2-1-3-18-12(7)16/h1-5,11,19H,17H2,(H2,16,18). The third kappa shape index (κ3) is 2.51. The van der Waals surface area contributed by atoms with Crippen LogP contribution in [-0.2, 0) is 0 Å². The second-order valence-corrected chi connectivity index (χ2v) is 3.86. The van der Waals surface area contributed by atoms with E-state index in [-0.39, 0.29) is 5.82 Å². The fraction of sp³-hybridized carbons (Fsp3) is 0.0833. The van der Waals surface area contributed by atoms with E-state index in [4.69, 9.17) is 11.6 Å². The van der Waals surface area contributed by atoms with Crippen molar-refractivity contribution in [1.29, 1.82) is 0 Å². The van der Waals surface area contributed by atoms with Crippen LogP contribution in [0.4, 0.5) is 19.0 Å². The largest absolute Gasteiger partial charge is 0.383 e. The molecule has 0 spiro atoms. The molecule has 0 bridgehead atoms. The molecule has 1 aromatic heterocycles. The van der Waals surface area contributed by atoms with Crippen molar-refractivity contribution >= 4 is 5.82 Å². The molecule has 0 amide bonds. The van der Waals surface area contributed by atoms with Crippen LogP contribution in [0.15, 0.2) is 30.5 Å². The highest BCUT2D eigenvalue weighted by atomic mass is 19.1. The van der Waals surface area contributed by atoms with Crippen LogP contribution in [0.1, 0.15) is 17.2 Å². The molecule has 0 fully saturated rings. The third-order valence-electron chi connectivity index (χ3n) is 2.68. The van der Waals surface area contributed by atoms with E-state index in [0.29, 0.717) is 17.7 Å². The molecular formula is C12H11F3N4. The molecule has 0 saturated carbocycles. The Morgan fingerprint density at radius 2 is 1.79 bits per heavy atom. The zero-order valence-electron chi connectivity index (χ0n) is 9.70. The molecule has 1 atom stereocenters. The van der Waals surface area contributed by atoms with Crippen molar-refractivity contribution in [2.24, 2.45) is 5.84 Å². The van der Waals surface area contributed by atoms with E-state index in [1.807, 2.05) is 0 Å². The van der Waals surface area contributed by atoms with Crippen molar-refractivity contribution < 1.29 is 13.2 Å². The van der Waals surface area contributed by atoms with Gasteiger partial charge in [-0.05, 0) is 6.07 Å². The molecule has 2 aromatic rings. The van der Waals surface area contributed by atoms with Crippen LogP contribution >= 0.6 is 0 Å². The maximum Gasteiger partial charge on any atom is 0.134 e. The minimum Gasteiger partial charge on any atom is -0.383 e. The average Bonchev–Trinajstić information content (AvgIpc) is 2.34. The molecule has 7 heteroatoms. The van der Waals surface area contributed by atoms with E-state index in [0.717, 1.165) is 0 Å². The normalized spacial score (nSPS) is 12.4. The Morgan fingerprint density at radius 3 is 2.32 bits per heavy atom. The second-order valence-electron chi connectivity index (χ2n) is 3.86. The van der Waals surface area contributed by atoms with E-state index >= 15 is 0 Å². The fourth-order valence-corrected chi connectivity index (χ4v) is 1.83. The van der Waals surface area contributed by atoms with Gasteiger partial charge < -0.3 is 5.73 Å². The number of nitrogens with one attached hydrogen (secondary N) is 1. The van der Waals surface area contributed by atoms with Gasteiger partial charge in [0.2, 0.25) is 0 Å². The number of halogens is 3. The summed E-state index contributed by atoms with van der Waals surface area (Å²) in [7, 11) is 0. The molecule has 5 N–H and O–H groups in total. The van der Waals surface area contributed by atoms with Crippen LogP contribution in [0.3, 0.4) is 0 Å². The van der Waals surface area contributed by atoms with Gasteiger partial charge in [0, 0.05) is 29.5 Å². The molecule has 1 unspecified atom stereocenters. The summed E-state index contributed by atoms with van der Waals surface area (Å²) in [5, 5.41) is 0. The Bertz CT molecular complexity index is 580. The third-order valence-corrected chi connectivity index (χ3v) is 2.68. The number of nitrogens with zero attached hydrogens (tertiary/aromatic N) is 1. The highest BCUT2D eigenvalue weighted by Gasteiger charge is 2.24. The Kier molecular flexibility index (Phi) is 3.68. The molecule has 0 aliphatic carbocycles. The van der Waals surface area contributed by atoms with Crippen molar-refractivity contribution in [3.8, 4) is 0 Å². The molecule has 19 heavy (non-hydrogen) atoms. The molecule has 4 nitrogen and oxygen atoms in total. The molecule has 0 saturated heterocycles. The molecule has 0 radical (unpaired) electrons. The summed E-state index contributed by atoms with van der Waals surface area (Å²) in [6.45, 7) is 0. The molecular weight excluding hydrogens is 257 g/mol. The van der Waals surface area contributed by atoms with Crippen LogP contribution in [0.2, 0.25) is 0 Å². The zero-order chi connectivity index (χ0) is 14.0. The SMILES string of the molecule is NNC(c1cccnc1N)c1c(F)cc(F)cc1F. The fourth-order valence-electron chi connectivity index (χ4n) is 1.83. The van der Waals surface area contributed by atoms with E-state index in [2.05, 4.69) is 10.4 Å². The first-order chi connectivity index (χ1) is 9.04. The number of rotatable bonds is 3. The summed E-state index contributed by atoms with van der Waals surface area (Å²) in [6, 6.07) is 3.17. The number of benzene rings is 1. The Labute approximate surface area is 107 Å². The minimum absolute atomic E-state index is 0.0774. The molecule has 2 rings (SSSR count). The summed E-state index contributed by atoms with van der Waals surface area (Å²) in [5.74, 6) is 2.29. The smallest absolute Gasteiger partial charge is 0.134 e. The van der Waals surface area contributed by atoms with Crippen molar-refractivity contribution in [3.05, 3.63) is 59.0 Å². The summed E-state index contributed by atoms with van der Waals surface area (Å²) >= 11 is 0. The van der Waals surface area contributed by atoms with Gasteiger partial charge in [-0.3, -0.25) is 5.84 Å². The molecule has 0 aliphatic heterocycles. The Hall–Kier alpha value is -2.12. The number of hydrogen-bond acceptors (Lipinski definition) is 4. The van der Waals surface area contributed by atoms with Crippen LogP contribution in [-0.4, -0.2) is 4.98 Å². The van der Waals surface area contributed by atoms with Crippen molar-refractivity contribution in [2.75, 3.05) is 5.73 Å². The Balaban J connectivity index is 2.58. The van der Waals surface area contributed by atoms with Gasteiger partial charge in [-0.2, -0.15) is 0 Å². The number of pyridine rings is 1. The first-order valence-corrected chi connectivity index (χ1v) is 5.35. The van der Waals surface area contributed by atoms with Gasteiger partial charge in [0.25, 0.3) is 0 Å². The maximum absolute atomic E-state index is 13.7. The first-order valence-electron chi connectivity index (χ1n) is 5.35. The molecule has 1 aromatic carbocycles. The van der Waals surface area contributed by atoms with Crippen molar-refractivity contribution in [3.63, 3.8) is 0 Å². The first kappa shape index (κ1) is 13.3. The topological polar surface area (TPSA) is 77.0 Å². The number of nitrogen functional groups attached to an aromatic ring is 1. The van der Waals surface area contributed by atoms with E-state index < -0.39 is 29.1 Å². The maximum atomic E-state index is 13.7. The van der Waals surface area contributed by atoms with E-state index in [9.17, 15) is 13.2 Å². The zero-order valence-corrected chi connectivity index (χ0v) is 9.70. The van der Waals surface area contributed by atoms with Gasteiger partial charge in [0.1, 0.15) is 23.3 Å². The van der Waals surface area contributed by atoms with Crippen LogP contribution in [0.25, 0.3) is 0 Å². The quantitative estimate of drug-likeness (QED) is 0.584. The average molecular weight is 268 g/mol. The highest BCUT2D eigenvalue weighted by Crippen LogP contribution is 2.29. The van der Waals surface area contributed by atoms with Crippen LogP contribution < -0.4 is 17.0 Å². The Morgan fingerprint density at radius 1 is 1.16 bits per heavy atom. The number of anilines is 1. The lowest BCUT2D eigenvalue weighted by molar-refractivity contribution is 0.492. The predicted molar refractivity (Wildman–Crippen MR) is 64.1 cm³/mol. The number of nitrogens with two attached hydrogens (primary N) is 2. The second kappa shape index (κ2) is 5.25. The number of hydrogen-bond donors (Lipinski definition) is 3. The minimum atomic E-state index is -1.06. The van der Waals surface area contributed by atoms with Gasteiger partial charge in [0.05, 0.1) is 6.04 Å². The molecule has 100 valence electrons. The summed E-state index contributed by atoms with van der Waals surface area (Å²) in [4.78, 5) is 3.81. The van der Waals surface area contributed by atoms with Gasteiger partial charge in [-0.25, -0.2) is 23.6 Å². The summed E-state index contributed by atoms with van der Waals surface area (Å²) in [5.41, 5.74) is 7.78. The van der Waals surface area contributed by atoms with Crippen LogP contribution in [0, 0.1) is 17.5 Å². The summed E-state index contributed by atoms with van der Waals surface area (Å²) < 4.78 is 40.3. The number of aromatic nitrogens is 1. The lowest BCUT2D eigenvalue weighted by Gasteiger charge is -2.19. The lowest BCUT2D eigenvalue weighted by Crippen LogP contribution is -2.31. The van der Waals surface area contributed by atoms with Crippen molar-refractivity contribution in [2.45, 2.75) is 6.04 Å². The lowest BCUT2D eigenvalue weighted by atomic mass is 9.98. The van der Waals surface area contributed by atoms with Crippen molar-refractivity contribution in [1.82, 2.24) is 10.4 Å². The summed E-state index contributed by atoms with van der Waals surface area (Å²) in [6.07, 6.45) is 1.43. The highest BCUT2D eigenvalue weighted by molar-refractivity contribution is 5.46. The van der Waals surface area contributed by atoms with E-state index in [1.54, 1.807) is 6.07 Å². The predicted octanol–water partition coefficient (Wildman–Crippen LogP) is 1.63. The van der Waals surface area contributed by atoms with Gasteiger partial charge in [-0.1, -0.05) is 6.07 Å². The molecule has 1 heterocycles. The molecule has 0 aliphatic rings. The van der Waals surface area contributed by atoms with E-state index in [1.165, 1.54) is 12.3 Å².